The molecule has 2 aliphatic carbocycles. The molecule has 1 N–H and O–H groups in total. The molecule has 20 heavy (non-hydrogen) atoms. The first kappa shape index (κ1) is 13.6. The Morgan fingerprint density at radius 3 is 2.45 bits per heavy atom. The van der Waals surface area contributed by atoms with E-state index in [-0.39, 0.29) is 11.9 Å². The van der Waals surface area contributed by atoms with E-state index >= 15 is 0 Å². The van der Waals surface area contributed by atoms with Crippen LogP contribution in [0.4, 0.5) is 0 Å². The number of carboxylic acids is 1. The molecule has 0 spiro atoms. The molecule has 3 aliphatic rings. The van der Waals surface area contributed by atoms with E-state index in [1.165, 1.54) is 12.8 Å². The third-order valence-electron chi connectivity index (χ3n) is 5.04. The number of carbonyl (C=O) groups is 2. The quantitative estimate of drug-likeness (QED) is 0.618. The Balaban J connectivity index is 1.68. The fourth-order valence-electron chi connectivity index (χ4n) is 3.45. The predicted octanol–water partition coefficient (Wildman–Crippen LogP) is 1.10. The van der Waals surface area contributed by atoms with Crippen LogP contribution in [0.3, 0.4) is 0 Å². The highest BCUT2D eigenvalue weighted by Crippen LogP contribution is 2.37. The van der Waals surface area contributed by atoms with E-state index in [9.17, 15) is 14.7 Å². The molecule has 3 rings (SSSR count). The van der Waals surface area contributed by atoms with Crippen molar-refractivity contribution in [2.75, 3.05) is 20.1 Å². The van der Waals surface area contributed by atoms with Crippen LogP contribution in [-0.4, -0.2) is 59.0 Å². The Morgan fingerprint density at radius 1 is 1.25 bits per heavy atom. The van der Waals surface area contributed by atoms with Gasteiger partial charge in [0.2, 0.25) is 5.91 Å². The molecule has 1 unspecified atom stereocenters. The monoisotopic (exact) mass is 278 g/mol. The molecule has 0 aromatic carbocycles. The molecule has 1 heterocycles. The van der Waals surface area contributed by atoms with Gasteiger partial charge in [-0.25, -0.2) is 0 Å². The first-order chi connectivity index (χ1) is 9.54. The molecule has 5 heteroatoms. The van der Waals surface area contributed by atoms with Gasteiger partial charge < -0.3 is 10.0 Å². The van der Waals surface area contributed by atoms with E-state index in [1.54, 1.807) is 11.9 Å². The predicted molar refractivity (Wildman–Crippen MR) is 74.2 cm³/mol. The van der Waals surface area contributed by atoms with Crippen LogP contribution in [0.1, 0.15) is 32.1 Å². The van der Waals surface area contributed by atoms with Crippen molar-refractivity contribution < 1.29 is 14.7 Å². The maximum absolute atomic E-state index is 12.7. The zero-order valence-electron chi connectivity index (χ0n) is 11.9. The molecular weight excluding hydrogens is 256 g/mol. The second-order valence-electron chi connectivity index (χ2n) is 6.35. The molecule has 1 atom stereocenters. The number of aliphatic carboxylic acids is 1. The Bertz CT molecular complexity index is 448. The number of hydrogen-bond donors (Lipinski definition) is 1. The van der Waals surface area contributed by atoms with E-state index in [4.69, 9.17) is 0 Å². The van der Waals surface area contributed by atoms with Crippen molar-refractivity contribution in [1.82, 2.24) is 9.80 Å². The van der Waals surface area contributed by atoms with Crippen LogP contribution in [-0.2, 0) is 9.59 Å². The van der Waals surface area contributed by atoms with E-state index in [0.717, 1.165) is 19.5 Å². The molecule has 0 bridgehead atoms. The average Bonchev–Trinajstić information content (AvgIpc) is 2.97. The molecule has 1 saturated carbocycles. The van der Waals surface area contributed by atoms with E-state index < -0.39 is 11.4 Å². The zero-order valence-corrected chi connectivity index (χ0v) is 11.9. The van der Waals surface area contributed by atoms with Gasteiger partial charge in [0, 0.05) is 32.2 Å². The number of hydrogen-bond acceptors (Lipinski definition) is 3. The highest BCUT2D eigenvalue weighted by molar-refractivity contribution is 6.02. The van der Waals surface area contributed by atoms with Crippen LogP contribution in [0.25, 0.3) is 0 Å². The Labute approximate surface area is 119 Å². The highest BCUT2D eigenvalue weighted by Gasteiger charge is 2.49. The second kappa shape index (κ2) is 4.88. The van der Waals surface area contributed by atoms with Gasteiger partial charge in [0.05, 0.1) is 0 Å². The molecule has 0 radical (unpaired) electrons. The number of nitrogens with zero attached hydrogens (tertiary/aromatic N) is 2. The molecule has 1 aliphatic heterocycles. The summed E-state index contributed by atoms with van der Waals surface area (Å²) in [4.78, 5) is 28.4. The smallest absolute Gasteiger partial charge is 0.319 e. The van der Waals surface area contributed by atoms with Crippen molar-refractivity contribution in [2.45, 2.75) is 44.2 Å². The van der Waals surface area contributed by atoms with Gasteiger partial charge in [0.25, 0.3) is 0 Å². The lowest BCUT2D eigenvalue weighted by Gasteiger charge is -2.32. The zero-order chi connectivity index (χ0) is 14.3. The van der Waals surface area contributed by atoms with Gasteiger partial charge in [-0.05, 0) is 32.1 Å². The summed E-state index contributed by atoms with van der Waals surface area (Å²) in [5.74, 6) is -1.21. The fraction of sp³-hybridized carbons (Fsp3) is 0.733. The molecule has 1 amide bonds. The van der Waals surface area contributed by atoms with Gasteiger partial charge in [0.1, 0.15) is 0 Å². The van der Waals surface area contributed by atoms with Crippen molar-refractivity contribution >= 4 is 11.9 Å². The molecule has 0 aromatic rings. The number of allylic oxidation sites excluding steroid dienone is 2. The van der Waals surface area contributed by atoms with Gasteiger partial charge in [-0.15, -0.1) is 0 Å². The lowest BCUT2D eigenvalue weighted by atomic mass is 9.83. The van der Waals surface area contributed by atoms with Crippen LogP contribution >= 0.6 is 0 Å². The number of likely N-dealkylation sites (N-methyl/N-ethyl adjacent to an activating group) is 1. The number of rotatable bonds is 4. The number of carbonyl (C=O) groups excluding carboxylic acids is 1. The minimum absolute atomic E-state index is 0.167. The largest absolute Gasteiger partial charge is 0.480 e. The van der Waals surface area contributed by atoms with Crippen LogP contribution < -0.4 is 0 Å². The maximum Gasteiger partial charge on any atom is 0.319 e. The Kier molecular flexibility index (Phi) is 3.32. The van der Waals surface area contributed by atoms with Gasteiger partial charge in [-0.2, -0.15) is 0 Å². The second-order valence-corrected chi connectivity index (χ2v) is 6.35. The van der Waals surface area contributed by atoms with Crippen LogP contribution in [0.5, 0.6) is 0 Å². The minimum Gasteiger partial charge on any atom is -0.480 e. The number of likely N-dealkylation sites (tertiary alicyclic amines) is 1. The topological polar surface area (TPSA) is 60.9 Å². The Morgan fingerprint density at radius 2 is 1.90 bits per heavy atom. The van der Waals surface area contributed by atoms with Crippen LogP contribution in [0.15, 0.2) is 12.2 Å². The van der Waals surface area contributed by atoms with Gasteiger partial charge in [0.15, 0.2) is 5.41 Å². The summed E-state index contributed by atoms with van der Waals surface area (Å²) in [5, 5.41) is 9.48. The molecule has 1 saturated heterocycles. The summed E-state index contributed by atoms with van der Waals surface area (Å²) >= 11 is 0. The minimum atomic E-state index is -1.25. The van der Waals surface area contributed by atoms with Crippen LogP contribution in [0.2, 0.25) is 0 Å². The summed E-state index contributed by atoms with van der Waals surface area (Å²) in [6.45, 7) is 1.93. The van der Waals surface area contributed by atoms with E-state index in [2.05, 4.69) is 4.90 Å². The Hall–Kier alpha value is -1.36. The maximum atomic E-state index is 12.7. The standard InChI is InChI=1S/C15H22N2O3/c1-16(12-6-9-17(10-12)11-4-5-11)13(18)15(14(19)20)7-2-3-8-15/h2-3,11-12H,4-10H2,1H3,(H,19,20). The highest BCUT2D eigenvalue weighted by atomic mass is 16.4. The number of carboxylic acid groups (broad SMARTS) is 1. The van der Waals surface area contributed by atoms with Crippen molar-refractivity contribution in [2.24, 2.45) is 5.41 Å². The van der Waals surface area contributed by atoms with Gasteiger partial charge >= 0.3 is 5.97 Å². The summed E-state index contributed by atoms with van der Waals surface area (Å²) in [6, 6.07) is 0.880. The van der Waals surface area contributed by atoms with Gasteiger partial charge in [-0.1, -0.05) is 12.2 Å². The normalized spacial score (nSPS) is 28.8. The SMILES string of the molecule is CN(C(=O)C1(C(=O)O)CC=CC1)C1CCN(C2CC2)C1. The molecule has 2 fully saturated rings. The van der Waals surface area contributed by atoms with Crippen molar-refractivity contribution in [3.05, 3.63) is 12.2 Å². The third-order valence-corrected chi connectivity index (χ3v) is 5.04. The average molecular weight is 278 g/mol. The summed E-state index contributed by atoms with van der Waals surface area (Å²) < 4.78 is 0. The first-order valence-corrected chi connectivity index (χ1v) is 7.44. The number of amides is 1. The van der Waals surface area contributed by atoms with Crippen molar-refractivity contribution in [3.8, 4) is 0 Å². The lowest BCUT2D eigenvalue weighted by molar-refractivity contribution is -0.160. The molecule has 0 aromatic heterocycles. The summed E-state index contributed by atoms with van der Waals surface area (Å²) in [7, 11) is 1.77. The molecule has 110 valence electrons. The van der Waals surface area contributed by atoms with Crippen LogP contribution in [0, 0.1) is 5.41 Å². The third kappa shape index (κ3) is 2.14. The van der Waals surface area contributed by atoms with E-state index in [1.807, 2.05) is 12.2 Å². The van der Waals surface area contributed by atoms with Crippen molar-refractivity contribution in [3.63, 3.8) is 0 Å². The fourth-order valence-corrected chi connectivity index (χ4v) is 3.45. The van der Waals surface area contributed by atoms with Crippen molar-refractivity contribution in [1.29, 1.82) is 0 Å². The van der Waals surface area contributed by atoms with Gasteiger partial charge in [-0.3, -0.25) is 14.5 Å². The summed E-state index contributed by atoms with van der Waals surface area (Å²) in [5.41, 5.74) is -1.25. The lowest BCUT2D eigenvalue weighted by Crippen LogP contribution is -2.50. The molecule has 5 nitrogen and oxygen atoms in total. The first-order valence-electron chi connectivity index (χ1n) is 7.44. The summed E-state index contributed by atoms with van der Waals surface area (Å²) in [6.07, 6.45) is 7.77. The van der Waals surface area contributed by atoms with E-state index in [0.29, 0.717) is 18.9 Å². The molecular formula is C15H22N2O3.